The minimum atomic E-state index is -0.586. The molecule has 0 unspecified atom stereocenters. The van der Waals surface area contributed by atoms with Gasteiger partial charge in [0.2, 0.25) is 0 Å². The number of para-hydroxylation sites is 1. The van der Waals surface area contributed by atoms with Gasteiger partial charge in [-0.2, -0.15) is 0 Å². The van der Waals surface area contributed by atoms with Crippen molar-refractivity contribution in [1.29, 1.82) is 0 Å². The van der Waals surface area contributed by atoms with Gasteiger partial charge in [-0.3, -0.25) is 9.59 Å². The van der Waals surface area contributed by atoms with Gasteiger partial charge in [-0.25, -0.2) is 9.78 Å². The SMILES string of the molecule is CCOC(=O)c1c(NC(=O)c2cc(-c3cccc(OC)c3)nc3ccccc23)sc(C(=O)N(CC)CC)c1C. The molecule has 0 bridgehead atoms. The highest BCUT2D eigenvalue weighted by molar-refractivity contribution is 7.18. The van der Waals surface area contributed by atoms with Crippen LogP contribution in [0.2, 0.25) is 0 Å². The molecule has 0 fully saturated rings. The van der Waals surface area contributed by atoms with Crippen molar-refractivity contribution in [3.8, 4) is 17.0 Å². The van der Waals surface area contributed by atoms with Crippen molar-refractivity contribution >= 4 is 45.0 Å². The highest BCUT2D eigenvalue weighted by Crippen LogP contribution is 2.36. The highest BCUT2D eigenvalue weighted by atomic mass is 32.1. The quantitative estimate of drug-likeness (QED) is 0.252. The molecule has 2 amide bonds. The van der Waals surface area contributed by atoms with E-state index in [0.717, 1.165) is 16.9 Å². The maximum absolute atomic E-state index is 13.8. The molecule has 2 aromatic carbocycles. The number of rotatable bonds is 9. The van der Waals surface area contributed by atoms with Crippen LogP contribution in [0.4, 0.5) is 5.00 Å². The molecule has 0 aliphatic heterocycles. The molecule has 0 spiro atoms. The van der Waals surface area contributed by atoms with Gasteiger partial charge in [0.15, 0.2) is 0 Å². The van der Waals surface area contributed by atoms with Gasteiger partial charge in [0.25, 0.3) is 11.8 Å². The Hall–Kier alpha value is -4.24. The number of fused-ring (bicyclic) bond motifs is 1. The predicted molar refractivity (Wildman–Crippen MR) is 154 cm³/mol. The van der Waals surface area contributed by atoms with Gasteiger partial charge in [-0.05, 0) is 57.5 Å². The first kappa shape index (κ1) is 27.8. The van der Waals surface area contributed by atoms with E-state index in [4.69, 9.17) is 14.5 Å². The van der Waals surface area contributed by atoms with E-state index in [2.05, 4.69) is 5.32 Å². The lowest BCUT2D eigenvalue weighted by molar-refractivity contribution is 0.0527. The Kier molecular flexibility index (Phi) is 8.61. The number of benzene rings is 2. The Morgan fingerprint density at radius 1 is 1.00 bits per heavy atom. The number of amides is 2. The predicted octanol–water partition coefficient (Wildman–Crippen LogP) is 6.19. The summed E-state index contributed by atoms with van der Waals surface area (Å²) in [4.78, 5) is 46.8. The van der Waals surface area contributed by atoms with Crippen molar-refractivity contribution in [2.24, 2.45) is 0 Å². The summed E-state index contributed by atoms with van der Waals surface area (Å²) in [6.07, 6.45) is 0. The Labute approximate surface area is 231 Å². The molecule has 0 aliphatic carbocycles. The molecule has 1 N–H and O–H groups in total. The number of methoxy groups -OCH3 is 1. The second kappa shape index (κ2) is 12.1. The van der Waals surface area contributed by atoms with Crippen LogP contribution in [0.3, 0.4) is 0 Å². The topological polar surface area (TPSA) is 97.8 Å². The maximum atomic E-state index is 13.8. The summed E-state index contributed by atoms with van der Waals surface area (Å²) < 4.78 is 10.6. The van der Waals surface area contributed by atoms with Crippen LogP contribution in [0.5, 0.6) is 5.75 Å². The largest absolute Gasteiger partial charge is 0.497 e. The van der Waals surface area contributed by atoms with Crippen LogP contribution in [0.1, 0.15) is 56.7 Å². The fraction of sp³-hybridized carbons (Fsp3) is 0.267. The van der Waals surface area contributed by atoms with Gasteiger partial charge in [-0.1, -0.05) is 30.3 Å². The lowest BCUT2D eigenvalue weighted by Crippen LogP contribution is -2.30. The molecule has 4 aromatic rings. The Bertz CT molecular complexity index is 1540. The van der Waals surface area contributed by atoms with Gasteiger partial charge in [0, 0.05) is 24.0 Å². The van der Waals surface area contributed by atoms with E-state index in [1.807, 2.05) is 62.4 Å². The third-order valence-electron chi connectivity index (χ3n) is 6.42. The average molecular weight is 546 g/mol. The lowest BCUT2D eigenvalue weighted by atomic mass is 10.0. The summed E-state index contributed by atoms with van der Waals surface area (Å²) in [5.74, 6) is -0.529. The molecule has 8 nitrogen and oxygen atoms in total. The van der Waals surface area contributed by atoms with Crippen LogP contribution in [0.15, 0.2) is 54.6 Å². The molecule has 0 saturated carbocycles. The number of carbonyl (C=O) groups is 3. The standard InChI is InChI=1S/C30H31N3O5S/c1-6-33(7-2)29(35)26-18(4)25(30(36)38-8-3)28(39-26)32-27(34)22-17-24(19-12-11-13-20(16-19)37-5)31-23-15-10-9-14-21(22)23/h9-17H,6-8H2,1-5H3,(H,32,34). The molecule has 0 aliphatic rings. The van der Waals surface area contributed by atoms with Gasteiger partial charge >= 0.3 is 5.97 Å². The number of carbonyl (C=O) groups excluding carboxylic acids is 3. The summed E-state index contributed by atoms with van der Waals surface area (Å²) in [6.45, 7) is 8.43. The molecule has 202 valence electrons. The van der Waals surface area contributed by atoms with E-state index in [-0.39, 0.29) is 23.1 Å². The van der Waals surface area contributed by atoms with E-state index >= 15 is 0 Å². The normalized spacial score (nSPS) is 10.8. The second-order valence-corrected chi connectivity index (χ2v) is 9.74. The number of nitrogens with zero attached hydrogens (tertiary/aromatic N) is 2. The molecular weight excluding hydrogens is 514 g/mol. The van der Waals surface area contributed by atoms with Crippen LogP contribution >= 0.6 is 11.3 Å². The summed E-state index contributed by atoms with van der Waals surface area (Å²) in [7, 11) is 1.59. The van der Waals surface area contributed by atoms with Gasteiger partial charge < -0.3 is 19.7 Å². The minimum Gasteiger partial charge on any atom is -0.497 e. The van der Waals surface area contributed by atoms with Crippen LogP contribution < -0.4 is 10.1 Å². The molecular formula is C30H31N3O5S. The number of aromatic nitrogens is 1. The van der Waals surface area contributed by atoms with Crippen molar-refractivity contribution in [2.45, 2.75) is 27.7 Å². The minimum absolute atomic E-state index is 0.166. The van der Waals surface area contributed by atoms with E-state index in [1.54, 1.807) is 31.9 Å². The Morgan fingerprint density at radius 2 is 1.74 bits per heavy atom. The maximum Gasteiger partial charge on any atom is 0.341 e. The zero-order chi connectivity index (χ0) is 28.1. The van der Waals surface area contributed by atoms with Gasteiger partial charge in [-0.15, -0.1) is 11.3 Å². The number of pyridine rings is 1. The van der Waals surface area contributed by atoms with E-state index in [0.29, 0.717) is 51.4 Å². The summed E-state index contributed by atoms with van der Waals surface area (Å²) >= 11 is 1.09. The lowest BCUT2D eigenvalue weighted by Gasteiger charge is -2.18. The first-order valence-electron chi connectivity index (χ1n) is 12.8. The van der Waals surface area contributed by atoms with Crippen LogP contribution in [0.25, 0.3) is 22.2 Å². The third-order valence-corrected chi connectivity index (χ3v) is 7.62. The van der Waals surface area contributed by atoms with Crippen LogP contribution in [-0.4, -0.2) is 54.5 Å². The molecule has 0 atom stereocenters. The second-order valence-electron chi connectivity index (χ2n) is 8.72. The van der Waals surface area contributed by atoms with Crippen molar-refractivity contribution in [2.75, 3.05) is 32.1 Å². The molecule has 2 heterocycles. The van der Waals surface area contributed by atoms with E-state index in [1.165, 1.54) is 0 Å². The molecule has 4 rings (SSSR count). The zero-order valence-corrected chi connectivity index (χ0v) is 23.5. The third kappa shape index (κ3) is 5.63. The number of ether oxygens (including phenoxy) is 2. The number of nitrogens with one attached hydrogen (secondary N) is 1. The first-order chi connectivity index (χ1) is 18.8. The Balaban J connectivity index is 1.81. The highest BCUT2D eigenvalue weighted by Gasteiger charge is 2.29. The number of thiophene rings is 1. The number of hydrogen-bond acceptors (Lipinski definition) is 7. The van der Waals surface area contributed by atoms with Crippen LogP contribution in [0, 0.1) is 6.92 Å². The Morgan fingerprint density at radius 3 is 2.44 bits per heavy atom. The summed E-state index contributed by atoms with van der Waals surface area (Å²) in [6, 6.07) is 16.5. The van der Waals surface area contributed by atoms with Crippen molar-refractivity contribution < 1.29 is 23.9 Å². The molecule has 0 saturated heterocycles. The van der Waals surface area contributed by atoms with Gasteiger partial charge in [0.1, 0.15) is 10.8 Å². The van der Waals surface area contributed by atoms with E-state index in [9.17, 15) is 14.4 Å². The summed E-state index contributed by atoms with van der Waals surface area (Å²) in [5.41, 5.74) is 3.10. The average Bonchev–Trinajstić information content (AvgIpc) is 3.28. The van der Waals surface area contributed by atoms with E-state index < -0.39 is 11.9 Å². The zero-order valence-electron chi connectivity index (χ0n) is 22.7. The van der Waals surface area contributed by atoms with Crippen molar-refractivity contribution in [1.82, 2.24) is 9.88 Å². The molecule has 39 heavy (non-hydrogen) atoms. The number of hydrogen-bond donors (Lipinski definition) is 1. The van der Waals surface area contributed by atoms with Crippen molar-refractivity contribution in [3.05, 3.63) is 76.2 Å². The van der Waals surface area contributed by atoms with Crippen molar-refractivity contribution in [3.63, 3.8) is 0 Å². The molecule has 9 heteroatoms. The fourth-order valence-electron chi connectivity index (χ4n) is 4.37. The molecule has 0 radical (unpaired) electrons. The smallest absolute Gasteiger partial charge is 0.341 e. The molecule has 2 aromatic heterocycles. The fourth-order valence-corrected chi connectivity index (χ4v) is 5.53. The number of anilines is 1. The van der Waals surface area contributed by atoms with Gasteiger partial charge in [0.05, 0.1) is 40.9 Å². The summed E-state index contributed by atoms with van der Waals surface area (Å²) in [5, 5.41) is 3.84. The number of esters is 1. The van der Waals surface area contributed by atoms with Crippen LogP contribution in [-0.2, 0) is 4.74 Å². The monoisotopic (exact) mass is 545 g/mol. The first-order valence-corrected chi connectivity index (χ1v) is 13.6.